The molecule has 0 unspecified atom stereocenters. The number of rotatable bonds is 26. The van der Waals surface area contributed by atoms with Crippen LogP contribution in [0.1, 0.15) is 39.3 Å². The molecule has 1 saturated heterocycles. The molecule has 3 rings (SSSR count). The molecule has 49 heavy (non-hydrogen) atoms. The number of carbonyl (C=O) groups excluding carboxylic acids is 2. The summed E-state index contributed by atoms with van der Waals surface area (Å²) in [5.41, 5.74) is 1.65. The van der Waals surface area contributed by atoms with E-state index < -0.39 is 0 Å². The molecule has 3 amide bonds. The van der Waals surface area contributed by atoms with Crippen molar-refractivity contribution in [2.24, 2.45) is 11.3 Å². The molecule has 15 nitrogen and oxygen atoms in total. The predicted octanol–water partition coefficient (Wildman–Crippen LogP) is 2.27. The summed E-state index contributed by atoms with van der Waals surface area (Å²) in [6, 6.07) is -0.00217. The van der Waals surface area contributed by atoms with Crippen molar-refractivity contribution < 1.29 is 42.7 Å². The number of aromatic nitrogens is 3. The molecule has 3 heterocycles. The first-order valence-electron chi connectivity index (χ1n) is 17.4. The van der Waals surface area contributed by atoms with Crippen molar-refractivity contribution in [2.45, 2.75) is 46.7 Å². The van der Waals surface area contributed by atoms with Gasteiger partial charge in [0, 0.05) is 31.4 Å². The summed E-state index contributed by atoms with van der Waals surface area (Å²) in [5, 5.41) is 11.1. The number of urea groups is 1. The van der Waals surface area contributed by atoms with Gasteiger partial charge in [-0.3, -0.25) is 4.79 Å². The van der Waals surface area contributed by atoms with E-state index in [1.54, 1.807) is 21.9 Å². The lowest BCUT2D eigenvalue weighted by Crippen LogP contribution is -2.46. The maximum Gasteiger partial charge on any atom is 0.317 e. The average Bonchev–Trinajstić information content (AvgIpc) is 3.67. The van der Waals surface area contributed by atoms with Gasteiger partial charge in [-0.1, -0.05) is 32.6 Å². The summed E-state index contributed by atoms with van der Waals surface area (Å²) in [5.74, 6) is 0.571. The first-order chi connectivity index (χ1) is 23.7. The van der Waals surface area contributed by atoms with Gasteiger partial charge in [0.05, 0.1) is 112 Å². The number of hydrogen-bond acceptors (Lipinski definition) is 11. The summed E-state index contributed by atoms with van der Waals surface area (Å²) >= 11 is 0. The van der Waals surface area contributed by atoms with Crippen molar-refractivity contribution in [3.05, 3.63) is 36.3 Å². The summed E-state index contributed by atoms with van der Waals surface area (Å²) in [7, 11) is 0. The maximum atomic E-state index is 12.3. The second-order valence-corrected chi connectivity index (χ2v) is 12.9. The van der Waals surface area contributed by atoms with Gasteiger partial charge < -0.3 is 48.3 Å². The topological polar surface area (TPSA) is 148 Å². The summed E-state index contributed by atoms with van der Waals surface area (Å²) in [6.07, 6.45) is 7.10. The van der Waals surface area contributed by atoms with E-state index in [1.807, 2.05) is 4.90 Å². The Kier molecular flexibility index (Phi) is 19.4. The minimum atomic E-state index is -0.0986. The number of hydrogen-bond donors (Lipinski definition) is 1. The molecule has 0 bridgehead atoms. The van der Waals surface area contributed by atoms with Crippen LogP contribution in [0.4, 0.5) is 4.79 Å². The average molecular weight is 695 g/mol. The lowest BCUT2D eigenvalue weighted by atomic mass is 9.75. The van der Waals surface area contributed by atoms with E-state index in [0.29, 0.717) is 135 Å². The van der Waals surface area contributed by atoms with E-state index in [2.05, 4.69) is 43.0 Å². The van der Waals surface area contributed by atoms with Crippen LogP contribution in [0.3, 0.4) is 0 Å². The minimum Gasteiger partial charge on any atom is -0.377 e. The van der Waals surface area contributed by atoms with Gasteiger partial charge in [0.2, 0.25) is 0 Å². The van der Waals surface area contributed by atoms with Gasteiger partial charge in [0.25, 0.3) is 5.91 Å². The van der Waals surface area contributed by atoms with E-state index >= 15 is 0 Å². The van der Waals surface area contributed by atoms with Gasteiger partial charge in [0.15, 0.2) is 0 Å². The second kappa shape index (κ2) is 23.5. The molecule has 0 spiro atoms. The first kappa shape index (κ1) is 40.5. The summed E-state index contributed by atoms with van der Waals surface area (Å²) in [6.45, 7) is 20.4. The Bertz CT molecular complexity index is 1100. The Morgan fingerprint density at radius 3 is 1.76 bits per heavy atom. The van der Waals surface area contributed by atoms with Crippen LogP contribution < -0.4 is 5.32 Å². The highest BCUT2D eigenvalue weighted by Gasteiger charge is 2.30. The number of allylic oxidation sites excluding steroid dienone is 1. The van der Waals surface area contributed by atoms with Gasteiger partial charge in [-0.25, -0.2) is 9.48 Å². The zero-order chi connectivity index (χ0) is 35.2. The number of nitrogens with zero attached hydrogens (tertiary/aromatic N) is 5. The van der Waals surface area contributed by atoms with Gasteiger partial charge >= 0.3 is 6.03 Å². The Balaban J connectivity index is 0.971. The quantitative estimate of drug-likeness (QED) is 0.143. The third kappa shape index (κ3) is 17.0. The van der Waals surface area contributed by atoms with Crippen molar-refractivity contribution in [1.29, 1.82) is 0 Å². The molecule has 15 heteroatoms. The van der Waals surface area contributed by atoms with Crippen LogP contribution in [0.5, 0.6) is 0 Å². The molecule has 1 N–H and O–H groups in total. The molecular weight excluding hydrogens is 636 g/mol. The molecular formula is C34H58N6O9. The maximum absolute atomic E-state index is 12.3. The van der Waals surface area contributed by atoms with Crippen molar-refractivity contribution in [3.8, 4) is 0 Å². The molecule has 2 aliphatic heterocycles. The Hall–Kier alpha value is -2.92. The Labute approximate surface area is 291 Å². The van der Waals surface area contributed by atoms with E-state index in [4.69, 9.17) is 33.2 Å². The normalized spacial score (nSPS) is 15.6. The van der Waals surface area contributed by atoms with Gasteiger partial charge in [0.1, 0.15) is 5.69 Å². The number of nitrogens with one attached hydrogen (secondary N) is 1. The first-order valence-corrected chi connectivity index (χ1v) is 17.4. The fourth-order valence-electron chi connectivity index (χ4n) is 5.22. The molecule has 1 aromatic rings. The summed E-state index contributed by atoms with van der Waals surface area (Å²) < 4.78 is 40.3. The molecule has 0 atom stereocenters. The van der Waals surface area contributed by atoms with E-state index in [-0.39, 0.29) is 11.9 Å². The monoisotopic (exact) mass is 694 g/mol. The van der Waals surface area contributed by atoms with Gasteiger partial charge in [-0.15, -0.1) is 5.10 Å². The zero-order valence-electron chi connectivity index (χ0n) is 29.8. The number of carbonyl (C=O) groups is 2. The number of piperidine rings is 1. The molecule has 278 valence electrons. The van der Waals surface area contributed by atoms with Gasteiger partial charge in [-0.2, -0.15) is 0 Å². The van der Waals surface area contributed by atoms with Crippen LogP contribution in [0.25, 0.3) is 0 Å². The molecule has 1 aromatic heterocycles. The smallest absolute Gasteiger partial charge is 0.317 e. The fraction of sp³-hybridized carbons (Fsp3) is 0.765. The highest BCUT2D eigenvalue weighted by atomic mass is 16.6. The van der Waals surface area contributed by atoms with Crippen molar-refractivity contribution in [2.75, 3.05) is 112 Å². The third-order valence-electron chi connectivity index (χ3n) is 8.16. The number of amides is 3. The number of likely N-dealkylation sites (tertiary alicyclic amines) is 1. The molecule has 0 radical (unpaired) electrons. The zero-order valence-corrected chi connectivity index (χ0v) is 29.8. The van der Waals surface area contributed by atoms with E-state index in [9.17, 15) is 9.59 Å². The molecule has 0 aliphatic carbocycles. The van der Waals surface area contributed by atoms with Crippen molar-refractivity contribution >= 4 is 11.9 Å². The van der Waals surface area contributed by atoms with Crippen LogP contribution >= 0.6 is 0 Å². The summed E-state index contributed by atoms with van der Waals surface area (Å²) in [4.78, 5) is 27.6. The fourth-order valence-corrected chi connectivity index (χ4v) is 5.22. The Morgan fingerprint density at radius 1 is 0.796 bits per heavy atom. The van der Waals surface area contributed by atoms with Crippen LogP contribution in [0, 0.1) is 11.3 Å². The molecule has 2 aliphatic rings. The highest BCUT2D eigenvalue weighted by Crippen LogP contribution is 2.34. The van der Waals surface area contributed by atoms with Crippen LogP contribution in [0.2, 0.25) is 0 Å². The third-order valence-corrected chi connectivity index (χ3v) is 8.16. The largest absolute Gasteiger partial charge is 0.377 e. The second-order valence-electron chi connectivity index (χ2n) is 12.9. The lowest BCUT2D eigenvalue weighted by molar-refractivity contribution is -0.123. The minimum absolute atomic E-state index is 0.00217. The van der Waals surface area contributed by atoms with Crippen molar-refractivity contribution in [1.82, 2.24) is 30.1 Å². The predicted molar refractivity (Wildman–Crippen MR) is 182 cm³/mol. The van der Waals surface area contributed by atoms with E-state index in [1.165, 1.54) is 6.08 Å². The molecule has 0 saturated carbocycles. The molecule has 0 aromatic carbocycles. The van der Waals surface area contributed by atoms with Crippen LogP contribution in [0.15, 0.2) is 30.6 Å². The highest BCUT2D eigenvalue weighted by molar-refractivity contribution is 5.92. The Morgan fingerprint density at radius 2 is 1.29 bits per heavy atom. The lowest BCUT2D eigenvalue weighted by Gasteiger charge is -2.38. The van der Waals surface area contributed by atoms with Crippen molar-refractivity contribution in [3.63, 3.8) is 0 Å². The number of ether oxygens (including phenoxy) is 7. The standard InChI is InChI=1S/C34H58N6O9/c1-29-5-6-32(41)40(29)28-31-27-39(37-36-31)12-14-44-16-18-46-20-22-48-24-26-49-25-23-47-21-19-45-17-15-43-13-9-35-33(42)38-10-7-30(8-11-38)34(2,3)4/h5-6,27,30H,1,7-26,28H2,2-4H3,(H,35,42). The molecule has 1 fully saturated rings. The van der Waals surface area contributed by atoms with Gasteiger partial charge in [-0.05, 0) is 30.3 Å². The van der Waals surface area contributed by atoms with Crippen LogP contribution in [-0.2, 0) is 51.0 Å². The SMILES string of the molecule is C=C1C=CC(=O)N1Cc1cn(CCOCCOCCOCCOCCOCCOCCOCCNC(=O)N2CCC(C(C)(C)C)CC2)nn1. The van der Waals surface area contributed by atoms with Crippen LogP contribution in [-0.4, -0.2) is 149 Å². The van der Waals surface area contributed by atoms with E-state index in [0.717, 1.165) is 25.9 Å².